The lowest BCUT2D eigenvalue weighted by molar-refractivity contribution is -0.122. The smallest absolute Gasteiger partial charge is 0.279 e. The zero-order chi connectivity index (χ0) is 21.2. The summed E-state index contributed by atoms with van der Waals surface area (Å²) in [6.45, 7) is 3.41. The van der Waals surface area contributed by atoms with Crippen LogP contribution in [-0.2, 0) is 16.1 Å². The summed E-state index contributed by atoms with van der Waals surface area (Å²) in [6, 6.07) is 15.6. The fourth-order valence-electron chi connectivity index (χ4n) is 3.85. The number of aromatic nitrogens is 4. The van der Waals surface area contributed by atoms with Crippen molar-refractivity contribution in [3.05, 3.63) is 54.1 Å². The highest BCUT2D eigenvalue weighted by Crippen LogP contribution is 2.28. The van der Waals surface area contributed by atoms with Crippen LogP contribution in [0.25, 0.3) is 33.9 Å². The van der Waals surface area contributed by atoms with Gasteiger partial charge in [0.25, 0.3) is 5.89 Å². The standard InChI is InChI=1S/C23H23N5O3/c1-15-6-4-7-16(12-15)22-25-23(31-27-22)21-18-9-2-3-10-19(18)28(26-21)14-20(29)24-13-17-8-5-11-30-17/h2-4,6-7,9-10,12,17H,5,8,11,13-14H2,1H3,(H,24,29). The van der Waals surface area contributed by atoms with Crippen molar-refractivity contribution in [3.8, 4) is 23.0 Å². The first-order chi connectivity index (χ1) is 15.2. The maximum atomic E-state index is 12.5. The molecular weight excluding hydrogens is 394 g/mol. The molecule has 0 radical (unpaired) electrons. The molecule has 1 aliphatic heterocycles. The number of hydrogen-bond acceptors (Lipinski definition) is 6. The van der Waals surface area contributed by atoms with Crippen molar-refractivity contribution in [2.75, 3.05) is 13.2 Å². The molecule has 8 heteroatoms. The zero-order valence-corrected chi connectivity index (χ0v) is 17.2. The van der Waals surface area contributed by atoms with Gasteiger partial charge in [0, 0.05) is 24.1 Å². The van der Waals surface area contributed by atoms with Crippen molar-refractivity contribution in [1.82, 2.24) is 25.2 Å². The molecule has 1 saturated heterocycles. The van der Waals surface area contributed by atoms with Gasteiger partial charge in [0.1, 0.15) is 6.54 Å². The molecule has 1 aliphatic rings. The second-order valence-electron chi connectivity index (χ2n) is 7.76. The molecule has 3 heterocycles. The Morgan fingerprint density at radius 2 is 2.13 bits per heavy atom. The first kappa shape index (κ1) is 19.4. The highest BCUT2D eigenvalue weighted by Gasteiger charge is 2.21. The molecule has 8 nitrogen and oxygen atoms in total. The third-order valence-electron chi connectivity index (χ3n) is 5.41. The van der Waals surface area contributed by atoms with Crippen LogP contribution in [-0.4, -0.2) is 45.1 Å². The molecule has 1 unspecified atom stereocenters. The normalized spacial score (nSPS) is 16.1. The second-order valence-corrected chi connectivity index (χ2v) is 7.76. The number of amides is 1. The molecule has 2 aromatic carbocycles. The molecule has 2 aromatic heterocycles. The first-order valence-electron chi connectivity index (χ1n) is 10.4. The van der Waals surface area contributed by atoms with E-state index < -0.39 is 0 Å². The molecule has 158 valence electrons. The van der Waals surface area contributed by atoms with Gasteiger partial charge >= 0.3 is 0 Å². The maximum Gasteiger partial charge on any atom is 0.279 e. The first-order valence-corrected chi connectivity index (χ1v) is 10.4. The Balaban J connectivity index is 1.40. The predicted molar refractivity (Wildman–Crippen MR) is 115 cm³/mol. The Morgan fingerprint density at radius 3 is 2.97 bits per heavy atom. The van der Waals surface area contributed by atoms with Crippen molar-refractivity contribution in [1.29, 1.82) is 0 Å². The number of carbonyl (C=O) groups is 1. The van der Waals surface area contributed by atoms with Gasteiger partial charge in [-0.25, -0.2) is 0 Å². The predicted octanol–water partition coefficient (Wildman–Crippen LogP) is 3.36. The quantitative estimate of drug-likeness (QED) is 0.517. The van der Waals surface area contributed by atoms with E-state index in [4.69, 9.17) is 9.26 Å². The van der Waals surface area contributed by atoms with E-state index in [1.54, 1.807) is 4.68 Å². The van der Waals surface area contributed by atoms with Crippen molar-refractivity contribution in [2.45, 2.75) is 32.4 Å². The van der Waals surface area contributed by atoms with E-state index in [-0.39, 0.29) is 18.6 Å². The monoisotopic (exact) mass is 417 g/mol. The second kappa shape index (κ2) is 8.31. The number of rotatable bonds is 6. The number of aryl methyl sites for hydroxylation is 1. The van der Waals surface area contributed by atoms with Gasteiger partial charge in [0.05, 0.1) is 11.6 Å². The summed E-state index contributed by atoms with van der Waals surface area (Å²) in [5, 5.41) is 12.6. The molecule has 0 spiro atoms. The van der Waals surface area contributed by atoms with Gasteiger partial charge in [-0.3, -0.25) is 9.48 Å². The van der Waals surface area contributed by atoms with Crippen LogP contribution in [0.15, 0.2) is 53.1 Å². The lowest BCUT2D eigenvalue weighted by Gasteiger charge is -2.11. The Kier molecular flexibility index (Phi) is 5.21. The Hall–Kier alpha value is -3.52. The summed E-state index contributed by atoms with van der Waals surface area (Å²) in [6.07, 6.45) is 2.13. The molecule has 0 saturated carbocycles. The largest absolute Gasteiger partial charge is 0.376 e. The van der Waals surface area contributed by atoms with Gasteiger partial charge in [-0.05, 0) is 31.9 Å². The Labute approximate surface area is 179 Å². The highest BCUT2D eigenvalue weighted by molar-refractivity contribution is 5.92. The van der Waals surface area contributed by atoms with Crippen LogP contribution in [0, 0.1) is 6.92 Å². The molecule has 31 heavy (non-hydrogen) atoms. The summed E-state index contributed by atoms with van der Waals surface area (Å²) in [5.74, 6) is 0.721. The van der Waals surface area contributed by atoms with E-state index >= 15 is 0 Å². The maximum absolute atomic E-state index is 12.5. The summed E-state index contributed by atoms with van der Waals surface area (Å²) in [4.78, 5) is 17.1. The molecule has 0 aliphatic carbocycles. The van der Waals surface area contributed by atoms with Crippen molar-refractivity contribution >= 4 is 16.8 Å². The number of fused-ring (bicyclic) bond motifs is 1. The van der Waals surface area contributed by atoms with E-state index in [0.29, 0.717) is 24.0 Å². The average Bonchev–Trinajstić information content (AvgIpc) is 3.53. The highest BCUT2D eigenvalue weighted by atomic mass is 16.5. The van der Waals surface area contributed by atoms with E-state index in [2.05, 4.69) is 20.6 Å². The summed E-state index contributed by atoms with van der Waals surface area (Å²) < 4.78 is 12.8. The number of carbonyl (C=O) groups excluding carboxylic acids is 1. The SMILES string of the molecule is Cc1cccc(-c2noc(-c3nn(CC(=O)NCC4CCCO4)c4ccccc34)n2)c1. The third kappa shape index (κ3) is 4.06. The van der Waals surface area contributed by atoms with E-state index in [1.165, 1.54) is 0 Å². The summed E-state index contributed by atoms with van der Waals surface area (Å²) in [7, 11) is 0. The fourth-order valence-corrected chi connectivity index (χ4v) is 3.85. The van der Waals surface area contributed by atoms with Crippen molar-refractivity contribution < 1.29 is 14.1 Å². The minimum atomic E-state index is -0.110. The van der Waals surface area contributed by atoms with Crippen LogP contribution in [0.3, 0.4) is 0 Å². The Bertz CT molecular complexity index is 1220. The van der Waals surface area contributed by atoms with Crippen LogP contribution < -0.4 is 5.32 Å². The van der Waals surface area contributed by atoms with E-state index in [1.807, 2.05) is 55.5 Å². The van der Waals surface area contributed by atoms with Crippen LogP contribution in [0.1, 0.15) is 18.4 Å². The van der Waals surface area contributed by atoms with E-state index in [9.17, 15) is 4.79 Å². The number of para-hydroxylation sites is 1. The molecule has 1 N–H and O–H groups in total. The van der Waals surface area contributed by atoms with Gasteiger partial charge in [-0.2, -0.15) is 10.1 Å². The molecule has 4 aromatic rings. The molecular formula is C23H23N5O3. The number of nitrogens with one attached hydrogen (secondary N) is 1. The van der Waals surface area contributed by atoms with Gasteiger partial charge < -0.3 is 14.6 Å². The van der Waals surface area contributed by atoms with Gasteiger partial charge in [0.15, 0.2) is 5.69 Å². The topological polar surface area (TPSA) is 95.1 Å². The molecule has 5 rings (SSSR count). The van der Waals surface area contributed by atoms with Gasteiger partial charge in [-0.15, -0.1) is 0 Å². The zero-order valence-electron chi connectivity index (χ0n) is 17.2. The molecule has 1 fully saturated rings. The summed E-state index contributed by atoms with van der Waals surface area (Å²) in [5.41, 5.74) is 3.40. The Morgan fingerprint density at radius 1 is 1.23 bits per heavy atom. The lowest BCUT2D eigenvalue weighted by Crippen LogP contribution is -2.34. The molecule has 1 amide bonds. The number of hydrogen-bond donors (Lipinski definition) is 1. The number of nitrogens with zero attached hydrogens (tertiary/aromatic N) is 4. The summed E-state index contributed by atoms with van der Waals surface area (Å²) >= 11 is 0. The minimum Gasteiger partial charge on any atom is -0.376 e. The molecule has 0 bridgehead atoms. The number of ether oxygens (including phenoxy) is 1. The van der Waals surface area contributed by atoms with Gasteiger partial charge in [-0.1, -0.05) is 47.1 Å². The minimum absolute atomic E-state index is 0.103. The van der Waals surface area contributed by atoms with Crippen molar-refractivity contribution in [3.63, 3.8) is 0 Å². The third-order valence-corrected chi connectivity index (χ3v) is 5.41. The van der Waals surface area contributed by atoms with E-state index in [0.717, 1.165) is 41.5 Å². The fraction of sp³-hybridized carbons (Fsp3) is 0.304. The van der Waals surface area contributed by atoms with Crippen LogP contribution >= 0.6 is 0 Å². The van der Waals surface area contributed by atoms with Crippen LogP contribution in [0.2, 0.25) is 0 Å². The molecule has 1 atom stereocenters. The lowest BCUT2D eigenvalue weighted by atomic mass is 10.1. The van der Waals surface area contributed by atoms with Crippen LogP contribution in [0.4, 0.5) is 0 Å². The van der Waals surface area contributed by atoms with Crippen molar-refractivity contribution in [2.24, 2.45) is 0 Å². The van der Waals surface area contributed by atoms with Crippen LogP contribution in [0.5, 0.6) is 0 Å². The van der Waals surface area contributed by atoms with Gasteiger partial charge in [0.2, 0.25) is 11.7 Å². The number of benzene rings is 2. The average molecular weight is 417 g/mol.